The van der Waals surface area contributed by atoms with Gasteiger partial charge in [0.25, 0.3) is 11.8 Å². The number of anilines is 2. The van der Waals surface area contributed by atoms with Crippen LogP contribution in [-0.2, 0) is 4.79 Å². The zero-order chi connectivity index (χ0) is 20.8. The van der Waals surface area contributed by atoms with Crippen molar-refractivity contribution in [2.45, 2.75) is 13.0 Å². The third kappa shape index (κ3) is 5.50. The lowest BCUT2D eigenvalue weighted by atomic mass is 10.2. The monoisotopic (exact) mass is 428 g/mol. The quantitative estimate of drug-likeness (QED) is 0.532. The molecule has 5 nitrogen and oxygen atoms in total. The Morgan fingerprint density at radius 3 is 1.86 bits per heavy atom. The third-order valence-corrected chi connectivity index (χ3v) is 4.71. The summed E-state index contributed by atoms with van der Waals surface area (Å²) in [6.45, 7) is 1.63. The molecule has 3 rings (SSSR count). The van der Waals surface area contributed by atoms with Crippen molar-refractivity contribution >= 4 is 46.4 Å². The molecule has 0 aliphatic heterocycles. The van der Waals surface area contributed by atoms with Gasteiger partial charge in [0.1, 0.15) is 5.75 Å². The largest absolute Gasteiger partial charge is 0.481 e. The molecule has 1 unspecified atom stereocenters. The summed E-state index contributed by atoms with van der Waals surface area (Å²) in [5, 5.41) is 6.37. The highest BCUT2D eigenvalue weighted by atomic mass is 35.5. The van der Waals surface area contributed by atoms with Gasteiger partial charge in [0.2, 0.25) is 0 Å². The van der Waals surface area contributed by atoms with Crippen LogP contribution in [0.1, 0.15) is 17.3 Å². The second kappa shape index (κ2) is 9.45. The van der Waals surface area contributed by atoms with Crippen LogP contribution in [0.5, 0.6) is 5.75 Å². The molecule has 7 heteroatoms. The van der Waals surface area contributed by atoms with E-state index in [1.54, 1.807) is 79.7 Å². The fourth-order valence-corrected chi connectivity index (χ4v) is 2.86. The molecule has 3 aromatic carbocycles. The van der Waals surface area contributed by atoms with E-state index in [1.165, 1.54) is 0 Å². The van der Waals surface area contributed by atoms with Crippen LogP contribution < -0.4 is 15.4 Å². The SMILES string of the molecule is CC(Oc1ccc(C(=O)Nc2ccccc2Cl)cc1)C(=O)Nc1ccccc1Cl. The molecule has 1 atom stereocenters. The Bertz CT molecular complexity index is 1020. The Balaban J connectivity index is 1.59. The number of nitrogens with one attached hydrogen (secondary N) is 2. The Morgan fingerprint density at radius 2 is 1.31 bits per heavy atom. The van der Waals surface area contributed by atoms with Crippen LogP contribution in [0.4, 0.5) is 11.4 Å². The smallest absolute Gasteiger partial charge is 0.265 e. The summed E-state index contributed by atoms with van der Waals surface area (Å²) in [5.41, 5.74) is 1.48. The Morgan fingerprint density at radius 1 is 0.793 bits per heavy atom. The molecule has 0 saturated heterocycles. The van der Waals surface area contributed by atoms with Gasteiger partial charge < -0.3 is 15.4 Å². The van der Waals surface area contributed by atoms with Crippen molar-refractivity contribution in [1.82, 2.24) is 0 Å². The molecule has 0 aromatic heterocycles. The predicted molar refractivity (Wildman–Crippen MR) is 116 cm³/mol. The van der Waals surface area contributed by atoms with Crippen molar-refractivity contribution in [3.63, 3.8) is 0 Å². The van der Waals surface area contributed by atoms with Gasteiger partial charge in [0, 0.05) is 5.56 Å². The number of halogens is 2. The lowest BCUT2D eigenvalue weighted by Crippen LogP contribution is -2.30. The van der Waals surface area contributed by atoms with Crippen molar-refractivity contribution in [3.8, 4) is 5.75 Å². The lowest BCUT2D eigenvalue weighted by molar-refractivity contribution is -0.122. The highest BCUT2D eigenvalue weighted by molar-refractivity contribution is 6.34. The fraction of sp³-hybridized carbons (Fsp3) is 0.0909. The maximum Gasteiger partial charge on any atom is 0.265 e. The van der Waals surface area contributed by atoms with E-state index in [9.17, 15) is 9.59 Å². The number of para-hydroxylation sites is 2. The van der Waals surface area contributed by atoms with Crippen molar-refractivity contribution in [1.29, 1.82) is 0 Å². The molecule has 2 amide bonds. The van der Waals surface area contributed by atoms with Crippen molar-refractivity contribution in [2.24, 2.45) is 0 Å². The Labute approximate surface area is 178 Å². The van der Waals surface area contributed by atoms with E-state index in [2.05, 4.69) is 10.6 Å². The first-order chi connectivity index (χ1) is 13.9. The Hall–Kier alpha value is -3.02. The van der Waals surface area contributed by atoms with Crippen molar-refractivity contribution in [3.05, 3.63) is 88.4 Å². The minimum Gasteiger partial charge on any atom is -0.481 e. The first kappa shape index (κ1) is 20.7. The van der Waals surface area contributed by atoms with Crippen LogP contribution in [0.15, 0.2) is 72.8 Å². The first-order valence-corrected chi connectivity index (χ1v) is 9.57. The van der Waals surface area contributed by atoms with Crippen LogP contribution in [0.25, 0.3) is 0 Å². The number of ether oxygens (including phenoxy) is 1. The molecule has 2 N–H and O–H groups in total. The van der Waals surface area contributed by atoms with Gasteiger partial charge in [-0.25, -0.2) is 0 Å². The summed E-state index contributed by atoms with van der Waals surface area (Å²) in [4.78, 5) is 24.7. The molecule has 29 heavy (non-hydrogen) atoms. The maximum absolute atomic E-state index is 12.4. The van der Waals surface area contributed by atoms with Crippen LogP contribution in [0.2, 0.25) is 10.0 Å². The zero-order valence-electron chi connectivity index (χ0n) is 15.5. The van der Waals surface area contributed by atoms with Gasteiger partial charge >= 0.3 is 0 Å². The van der Waals surface area contributed by atoms with Crippen molar-refractivity contribution in [2.75, 3.05) is 10.6 Å². The summed E-state index contributed by atoms with van der Waals surface area (Å²) in [7, 11) is 0. The molecule has 0 saturated carbocycles. The second-order valence-corrected chi connectivity index (χ2v) is 7.00. The molecule has 0 bridgehead atoms. The van der Waals surface area contributed by atoms with E-state index >= 15 is 0 Å². The number of rotatable bonds is 6. The number of carbonyl (C=O) groups is 2. The normalized spacial score (nSPS) is 11.4. The molecule has 0 radical (unpaired) electrons. The molecule has 3 aromatic rings. The minimum atomic E-state index is -0.755. The first-order valence-electron chi connectivity index (χ1n) is 8.82. The predicted octanol–water partition coefficient (Wildman–Crippen LogP) is 5.65. The van der Waals surface area contributed by atoms with E-state index in [1.807, 2.05) is 0 Å². The topological polar surface area (TPSA) is 67.4 Å². The zero-order valence-corrected chi connectivity index (χ0v) is 17.0. The van der Waals surface area contributed by atoms with Gasteiger partial charge in [-0.3, -0.25) is 9.59 Å². The summed E-state index contributed by atoms with van der Waals surface area (Å²) < 4.78 is 5.65. The summed E-state index contributed by atoms with van der Waals surface area (Å²) >= 11 is 12.1. The molecule has 148 valence electrons. The highest BCUT2D eigenvalue weighted by Gasteiger charge is 2.16. The number of hydrogen-bond acceptors (Lipinski definition) is 3. The molecular formula is C22H18Cl2N2O3. The summed E-state index contributed by atoms with van der Waals surface area (Å²) in [5.74, 6) is -0.172. The van der Waals surface area contributed by atoms with Gasteiger partial charge in [0.15, 0.2) is 6.10 Å². The van der Waals surface area contributed by atoms with E-state index < -0.39 is 6.10 Å². The molecule has 0 heterocycles. The van der Waals surface area contributed by atoms with E-state index in [4.69, 9.17) is 27.9 Å². The van der Waals surface area contributed by atoms with Gasteiger partial charge in [0.05, 0.1) is 21.4 Å². The van der Waals surface area contributed by atoms with E-state index in [0.717, 1.165) is 0 Å². The van der Waals surface area contributed by atoms with Gasteiger partial charge in [-0.1, -0.05) is 47.5 Å². The Kier molecular flexibility index (Phi) is 6.75. The second-order valence-electron chi connectivity index (χ2n) is 6.19. The maximum atomic E-state index is 12.4. The standard InChI is InChI=1S/C22H18Cl2N2O3/c1-14(21(27)25-19-8-4-2-6-17(19)23)29-16-12-10-15(11-13-16)22(28)26-20-9-5-3-7-18(20)24/h2-14H,1H3,(H,25,27)(H,26,28). The van der Waals surface area contributed by atoms with Crippen LogP contribution in [0.3, 0.4) is 0 Å². The van der Waals surface area contributed by atoms with E-state index in [0.29, 0.717) is 32.7 Å². The summed E-state index contributed by atoms with van der Waals surface area (Å²) in [6.07, 6.45) is -0.755. The molecule has 0 aliphatic carbocycles. The fourth-order valence-electron chi connectivity index (χ4n) is 2.50. The van der Waals surface area contributed by atoms with Crippen LogP contribution in [0, 0.1) is 0 Å². The van der Waals surface area contributed by atoms with Gasteiger partial charge in [-0.15, -0.1) is 0 Å². The molecular weight excluding hydrogens is 411 g/mol. The van der Waals surface area contributed by atoms with E-state index in [-0.39, 0.29) is 11.8 Å². The molecule has 0 fully saturated rings. The number of benzene rings is 3. The summed E-state index contributed by atoms with van der Waals surface area (Å²) in [6, 6.07) is 20.4. The molecule has 0 aliphatic rings. The average molecular weight is 429 g/mol. The molecule has 0 spiro atoms. The lowest BCUT2D eigenvalue weighted by Gasteiger charge is -2.15. The minimum absolute atomic E-state index is 0.297. The van der Waals surface area contributed by atoms with Crippen molar-refractivity contribution < 1.29 is 14.3 Å². The van der Waals surface area contributed by atoms with Gasteiger partial charge in [-0.05, 0) is 55.5 Å². The number of hydrogen-bond donors (Lipinski definition) is 2. The average Bonchev–Trinajstić information content (AvgIpc) is 2.72. The van der Waals surface area contributed by atoms with Gasteiger partial charge in [-0.2, -0.15) is 0 Å². The number of amides is 2. The van der Waals surface area contributed by atoms with Crippen LogP contribution in [-0.4, -0.2) is 17.9 Å². The van der Waals surface area contributed by atoms with Crippen LogP contribution >= 0.6 is 23.2 Å². The number of carbonyl (C=O) groups excluding carboxylic acids is 2. The third-order valence-electron chi connectivity index (χ3n) is 4.05. The highest BCUT2D eigenvalue weighted by Crippen LogP contribution is 2.23.